The molecule has 1 aliphatic heterocycles. The molecule has 0 N–H and O–H groups in total. The molecule has 0 aliphatic carbocycles. The molecule has 4 aromatic rings. The van der Waals surface area contributed by atoms with Crippen LogP contribution in [0.1, 0.15) is 15.9 Å². The van der Waals surface area contributed by atoms with Crippen LogP contribution in [0.2, 0.25) is 0 Å². The van der Waals surface area contributed by atoms with Gasteiger partial charge in [-0.25, -0.2) is 4.98 Å². The van der Waals surface area contributed by atoms with Crippen molar-refractivity contribution in [1.29, 1.82) is 0 Å². The first kappa shape index (κ1) is 20.9. The van der Waals surface area contributed by atoms with Crippen LogP contribution in [0.4, 0.5) is 5.69 Å². The second-order valence-electron chi connectivity index (χ2n) is 8.29. The molecule has 6 heteroatoms. The van der Waals surface area contributed by atoms with Crippen LogP contribution in [0, 0.1) is 6.92 Å². The Balaban J connectivity index is 1.42. The van der Waals surface area contributed by atoms with Crippen LogP contribution < -0.4 is 9.64 Å². The molecule has 1 fully saturated rings. The number of ether oxygens (including phenoxy) is 1. The summed E-state index contributed by atoms with van der Waals surface area (Å²) in [6.07, 6.45) is 3.49. The fraction of sp³-hybridized carbons (Fsp3) is 0.222. The molecule has 0 saturated carbocycles. The van der Waals surface area contributed by atoms with Crippen molar-refractivity contribution in [1.82, 2.24) is 14.9 Å². The number of benzene rings is 2. The molecule has 2 aromatic heterocycles. The van der Waals surface area contributed by atoms with Gasteiger partial charge in [0.15, 0.2) is 0 Å². The quantitative estimate of drug-likeness (QED) is 0.467. The highest BCUT2D eigenvalue weighted by Crippen LogP contribution is 2.27. The number of hydrogen-bond donors (Lipinski definition) is 0. The molecule has 1 saturated heterocycles. The van der Waals surface area contributed by atoms with Crippen molar-refractivity contribution in [3.8, 4) is 17.0 Å². The second-order valence-corrected chi connectivity index (χ2v) is 8.29. The number of aromatic nitrogens is 2. The van der Waals surface area contributed by atoms with E-state index in [9.17, 15) is 4.79 Å². The van der Waals surface area contributed by atoms with Crippen LogP contribution in [0.5, 0.6) is 5.75 Å². The molecular formula is C27H26N4O2. The molecule has 3 heterocycles. The van der Waals surface area contributed by atoms with E-state index in [4.69, 9.17) is 9.72 Å². The minimum Gasteiger partial charge on any atom is -0.497 e. The van der Waals surface area contributed by atoms with Crippen LogP contribution in [0.3, 0.4) is 0 Å². The number of aryl methyl sites for hydroxylation is 1. The van der Waals surface area contributed by atoms with Crippen molar-refractivity contribution >= 4 is 22.5 Å². The average molecular weight is 439 g/mol. The number of pyridine rings is 2. The summed E-state index contributed by atoms with van der Waals surface area (Å²) in [5, 5.41) is 0.899. The number of fused-ring (bicyclic) bond motifs is 1. The maximum Gasteiger partial charge on any atom is 0.254 e. The van der Waals surface area contributed by atoms with Crippen LogP contribution >= 0.6 is 0 Å². The molecule has 33 heavy (non-hydrogen) atoms. The van der Waals surface area contributed by atoms with E-state index >= 15 is 0 Å². The van der Waals surface area contributed by atoms with Gasteiger partial charge in [-0.2, -0.15) is 0 Å². The van der Waals surface area contributed by atoms with E-state index < -0.39 is 0 Å². The van der Waals surface area contributed by atoms with E-state index in [-0.39, 0.29) is 5.91 Å². The van der Waals surface area contributed by atoms with Gasteiger partial charge in [0.05, 0.1) is 23.9 Å². The zero-order valence-corrected chi connectivity index (χ0v) is 18.9. The number of nitrogens with zero attached hydrogens (tertiary/aromatic N) is 4. The Morgan fingerprint density at radius 3 is 2.33 bits per heavy atom. The van der Waals surface area contributed by atoms with Gasteiger partial charge in [0, 0.05) is 55.2 Å². The summed E-state index contributed by atoms with van der Waals surface area (Å²) >= 11 is 0. The first-order chi connectivity index (χ1) is 16.1. The Bertz CT molecular complexity index is 1280. The standard InChI is InChI=1S/C27H26N4O2/c1-19-3-8-25-23(17-19)24(18-26(29-25)20-9-11-28-12-10-20)27(32)31-15-13-30(14-16-31)21-4-6-22(33-2)7-5-21/h3-12,17-18H,13-16H2,1-2H3. The summed E-state index contributed by atoms with van der Waals surface area (Å²) in [5.41, 5.74) is 5.52. The smallest absolute Gasteiger partial charge is 0.254 e. The number of hydrogen-bond acceptors (Lipinski definition) is 5. The van der Waals surface area contributed by atoms with Crippen LogP contribution in [0.25, 0.3) is 22.2 Å². The van der Waals surface area contributed by atoms with Gasteiger partial charge >= 0.3 is 0 Å². The summed E-state index contributed by atoms with van der Waals surface area (Å²) in [7, 11) is 1.67. The van der Waals surface area contributed by atoms with E-state index in [1.54, 1.807) is 19.5 Å². The van der Waals surface area contributed by atoms with Crippen LogP contribution in [-0.4, -0.2) is 54.1 Å². The molecule has 0 radical (unpaired) electrons. The molecule has 166 valence electrons. The third-order valence-electron chi connectivity index (χ3n) is 6.18. The summed E-state index contributed by atoms with van der Waals surface area (Å²) in [6, 6.07) is 19.9. The van der Waals surface area contributed by atoms with E-state index in [0.717, 1.165) is 52.3 Å². The number of amides is 1. The molecule has 2 aromatic carbocycles. The van der Waals surface area contributed by atoms with Crippen molar-refractivity contribution in [3.63, 3.8) is 0 Å². The highest BCUT2D eigenvalue weighted by atomic mass is 16.5. The minimum absolute atomic E-state index is 0.0534. The van der Waals surface area contributed by atoms with E-state index in [1.165, 1.54) is 0 Å². The van der Waals surface area contributed by atoms with Gasteiger partial charge in [0.25, 0.3) is 5.91 Å². The van der Waals surface area contributed by atoms with Gasteiger partial charge in [-0.3, -0.25) is 9.78 Å². The van der Waals surface area contributed by atoms with Gasteiger partial charge in [-0.05, 0) is 61.5 Å². The first-order valence-corrected chi connectivity index (χ1v) is 11.1. The molecule has 1 amide bonds. The molecule has 0 bridgehead atoms. The molecule has 0 atom stereocenters. The molecule has 0 unspecified atom stereocenters. The Kier molecular flexibility index (Phi) is 5.65. The highest BCUT2D eigenvalue weighted by Gasteiger charge is 2.24. The fourth-order valence-corrected chi connectivity index (χ4v) is 4.32. The average Bonchev–Trinajstić information content (AvgIpc) is 2.88. The number of carbonyl (C=O) groups excluding carboxylic acids is 1. The molecule has 5 rings (SSSR count). The summed E-state index contributed by atoms with van der Waals surface area (Å²) < 4.78 is 5.26. The predicted molar refractivity (Wildman–Crippen MR) is 131 cm³/mol. The van der Waals surface area contributed by atoms with E-state index in [0.29, 0.717) is 18.7 Å². The zero-order valence-electron chi connectivity index (χ0n) is 18.9. The summed E-state index contributed by atoms with van der Waals surface area (Å²) in [4.78, 5) is 26.9. The maximum absolute atomic E-state index is 13.7. The van der Waals surface area contributed by atoms with Crippen molar-refractivity contribution in [2.45, 2.75) is 6.92 Å². The monoisotopic (exact) mass is 438 g/mol. The van der Waals surface area contributed by atoms with Gasteiger partial charge in [-0.1, -0.05) is 11.6 Å². The van der Waals surface area contributed by atoms with Crippen molar-refractivity contribution in [3.05, 3.63) is 84.2 Å². The summed E-state index contributed by atoms with van der Waals surface area (Å²) in [5.74, 6) is 0.898. The fourth-order valence-electron chi connectivity index (χ4n) is 4.32. The zero-order chi connectivity index (χ0) is 22.8. The molecule has 1 aliphatic rings. The third-order valence-corrected chi connectivity index (χ3v) is 6.18. The van der Waals surface area contributed by atoms with Crippen molar-refractivity contribution in [2.24, 2.45) is 0 Å². The van der Waals surface area contributed by atoms with E-state index in [1.807, 2.05) is 54.3 Å². The van der Waals surface area contributed by atoms with Crippen LogP contribution in [0.15, 0.2) is 73.1 Å². The lowest BCUT2D eigenvalue weighted by atomic mass is 10.0. The highest BCUT2D eigenvalue weighted by molar-refractivity contribution is 6.07. The Morgan fingerprint density at radius 2 is 1.64 bits per heavy atom. The molecule has 6 nitrogen and oxygen atoms in total. The summed E-state index contributed by atoms with van der Waals surface area (Å²) in [6.45, 7) is 4.96. The number of piperazine rings is 1. The minimum atomic E-state index is 0.0534. The van der Waals surface area contributed by atoms with E-state index in [2.05, 4.69) is 28.1 Å². The van der Waals surface area contributed by atoms with Gasteiger partial charge < -0.3 is 14.5 Å². The Labute approximate surface area is 193 Å². The van der Waals surface area contributed by atoms with Crippen molar-refractivity contribution in [2.75, 3.05) is 38.2 Å². The predicted octanol–water partition coefficient (Wildman–Crippen LogP) is 4.58. The normalized spacial score (nSPS) is 13.9. The van der Waals surface area contributed by atoms with Crippen molar-refractivity contribution < 1.29 is 9.53 Å². The second kappa shape index (κ2) is 8.90. The maximum atomic E-state index is 13.7. The van der Waals surface area contributed by atoms with Gasteiger partial charge in [-0.15, -0.1) is 0 Å². The number of rotatable bonds is 4. The molecule has 0 spiro atoms. The lowest BCUT2D eigenvalue weighted by Gasteiger charge is -2.36. The van der Waals surface area contributed by atoms with Gasteiger partial charge in [0.1, 0.15) is 5.75 Å². The largest absolute Gasteiger partial charge is 0.497 e. The Hall–Kier alpha value is -3.93. The van der Waals surface area contributed by atoms with Crippen LogP contribution in [-0.2, 0) is 0 Å². The Morgan fingerprint density at radius 1 is 0.909 bits per heavy atom. The molecular weight excluding hydrogens is 412 g/mol. The lowest BCUT2D eigenvalue weighted by molar-refractivity contribution is 0.0748. The number of anilines is 1. The van der Waals surface area contributed by atoms with Gasteiger partial charge in [0.2, 0.25) is 0 Å². The topological polar surface area (TPSA) is 58.6 Å². The third kappa shape index (κ3) is 4.24. The lowest BCUT2D eigenvalue weighted by Crippen LogP contribution is -2.48. The SMILES string of the molecule is COc1ccc(N2CCN(C(=O)c3cc(-c4ccncc4)nc4ccc(C)cc34)CC2)cc1. The number of methoxy groups -OCH3 is 1. The first-order valence-electron chi connectivity index (χ1n) is 11.1. The number of carbonyl (C=O) groups is 1.